The predicted octanol–water partition coefficient (Wildman–Crippen LogP) is 3.14. The molecule has 3 rings (SSSR count). The highest BCUT2D eigenvalue weighted by molar-refractivity contribution is 6.30. The van der Waals surface area contributed by atoms with Crippen molar-refractivity contribution in [3.05, 3.63) is 34.0 Å². The Morgan fingerprint density at radius 2 is 1.94 bits per heavy atom. The number of piperidine rings is 1. The second-order valence-corrected chi connectivity index (χ2v) is 8.89. The van der Waals surface area contributed by atoms with Gasteiger partial charge in [-0.1, -0.05) is 18.5 Å². The molecule has 168 valence electrons. The summed E-state index contributed by atoms with van der Waals surface area (Å²) in [5.74, 6) is 1.20. The molecule has 31 heavy (non-hydrogen) atoms. The van der Waals surface area contributed by atoms with Crippen LogP contribution < -0.4 is 5.73 Å². The van der Waals surface area contributed by atoms with Crippen molar-refractivity contribution in [1.82, 2.24) is 24.6 Å². The number of nitrogen functional groups attached to an aromatic ring is 1. The number of ketones is 1. The number of nitrogens with two attached hydrogens (primary N) is 1. The van der Waals surface area contributed by atoms with E-state index in [2.05, 4.69) is 15.1 Å². The SMILES string of the molecule is Cc1nc(N)c(CCC2CCN(C(=O)[C@H](C)CC(=O)c3cnn(C)c3C)CC2)c(Cl)n1. The lowest BCUT2D eigenvalue weighted by atomic mass is 9.90. The van der Waals surface area contributed by atoms with Gasteiger partial charge in [-0.05, 0) is 45.4 Å². The van der Waals surface area contributed by atoms with Crippen LogP contribution in [0.2, 0.25) is 5.15 Å². The number of anilines is 1. The maximum absolute atomic E-state index is 12.9. The maximum atomic E-state index is 12.9. The number of carbonyl (C=O) groups excluding carboxylic acids is 2. The molecule has 0 unspecified atom stereocenters. The molecular formula is C22H31ClN6O2. The van der Waals surface area contributed by atoms with Crippen molar-refractivity contribution >= 4 is 29.1 Å². The minimum Gasteiger partial charge on any atom is -0.383 e. The van der Waals surface area contributed by atoms with Crippen LogP contribution in [0.3, 0.4) is 0 Å². The molecule has 2 N–H and O–H groups in total. The Bertz CT molecular complexity index is 942. The number of likely N-dealkylation sites (tertiary alicyclic amines) is 1. The molecule has 8 nitrogen and oxygen atoms in total. The molecule has 9 heteroatoms. The van der Waals surface area contributed by atoms with Gasteiger partial charge in [-0.3, -0.25) is 14.3 Å². The number of aromatic nitrogens is 4. The number of carbonyl (C=O) groups is 2. The molecular weight excluding hydrogens is 416 g/mol. The van der Waals surface area contributed by atoms with Crippen LogP contribution in [0.25, 0.3) is 0 Å². The molecule has 0 bridgehead atoms. The zero-order valence-electron chi connectivity index (χ0n) is 18.7. The topological polar surface area (TPSA) is 107 Å². The number of halogens is 1. The highest BCUT2D eigenvalue weighted by atomic mass is 35.5. The average molecular weight is 447 g/mol. The zero-order chi connectivity index (χ0) is 22.7. The quantitative estimate of drug-likeness (QED) is 0.517. The number of hydrogen-bond donors (Lipinski definition) is 1. The molecule has 2 aromatic rings. The zero-order valence-corrected chi connectivity index (χ0v) is 19.4. The summed E-state index contributed by atoms with van der Waals surface area (Å²) in [6.07, 6.45) is 5.32. The summed E-state index contributed by atoms with van der Waals surface area (Å²) in [4.78, 5) is 35.7. The first-order chi connectivity index (χ1) is 14.7. The molecule has 1 aliphatic heterocycles. The average Bonchev–Trinajstić information content (AvgIpc) is 3.05. The normalized spacial score (nSPS) is 15.8. The van der Waals surface area contributed by atoms with Gasteiger partial charge in [0.15, 0.2) is 5.78 Å². The second kappa shape index (κ2) is 9.77. The van der Waals surface area contributed by atoms with E-state index in [0.29, 0.717) is 41.4 Å². The molecule has 1 aliphatic rings. The second-order valence-electron chi connectivity index (χ2n) is 8.53. The van der Waals surface area contributed by atoms with Gasteiger partial charge in [0.1, 0.15) is 16.8 Å². The van der Waals surface area contributed by atoms with Crippen LogP contribution in [0.5, 0.6) is 0 Å². The van der Waals surface area contributed by atoms with Gasteiger partial charge < -0.3 is 10.6 Å². The van der Waals surface area contributed by atoms with Gasteiger partial charge in [-0.2, -0.15) is 5.10 Å². The number of rotatable bonds is 7. The molecule has 3 heterocycles. The highest BCUT2D eigenvalue weighted by Gasteiger charge is 2.28. The van der Waals surface area contributed by atoms with Crippen molar-refractivity contribution in [3.63, 3.8) is 0 Å². The van der Waals surface area contributed by atoms with Gasteiger partial charge in [0.2, 0.25) is 5.91 Å². The van der Waals surface area contributed by atoms with Crippen LogP contribution in [0.1, 0.15) is 60.0 Å². The molecule has 1 fully saturated rings. The Morgan fingerprint density at radius 3 is 2.52 bits per heavy atom. The molecule has 1 atom stereocenters. The van der Waals surface area contributed by atoms with Crippen LogP contribution >= 0.6 is 11.6 Å². The van der Waals surface area contributed by atoms with E-state index in [-0.39, 0.29) is 24.0 Å². The first kappa shape index (κ1) is 23.2. The smallest absolute Gasteiger partial charge is 0.225 e. The summed E-state index contributed by atoms with van der Waals surface area (Å²) in [5, 5.41) is 4.55. The van der Waals surface area contributed by atoms with Crippen molar-refractivity contribution in [2.75, 3.05) is 18.8 Å². The summed E-state index contributed by atoms with van der Waals surface area (Å²) >= 11 is 6.23. The van der Waals surface area contributed by atoms with Crippen LogP contribution in [-0.4, -0.2) is 49.4 Å². The molecule has 2 aromatic heterocycles. The lowest BCUT2D eigenvalue weighted by Gasteiger charge is -2.33. The Hall–Kier alpha value is -2.48. The fourth-order valence-corrected chi connectivity index (χ4v) is 4.48. The summed E-state index contributed by atoms with van der Waals surface area (Å²) in [6, 6.07) is 0. The van der Waals surface area contributed by atoms with E-state index in [1.54, 1.807) is 24.9 Å². The summed E-state index contributed by atoms with van der Waals surface area (Å²) in [7, 11) is 1.80. The highest BCUT2D eigenvalue weighted by Crippen LogP contribution is 2.27. The third-order valence-electron chi connectivity index (χ3n) is 6.28. The first-order valence-corrected chi connectivity index (χ1v) is 11.1. The predicted molar refractivity (Wildman–Crippen MR) is 120 cm³/mol. The van der Waals surface area contributed by atoms with Gasteiger partial charge in [-0.25, -0.2) is 9.97 Å². The van der Waals surface area contributed by atoms with Crippen molar-refractivity contribution in [3.8, 4) is 0 Å². The van der Waals surface area contributed by atoms with E-state index in [1.165, 1.54) is 0 Å². The van der Waals surface area contributed by atoms with E-state index < -0.39 is 0 Å². The van der Waals surface area contributed by atoms with E-state index >= 15 is 0 Å². The Balaban J connectivity index is 1.48. The van der Waals surface area contributed by atoms with E-state index in [9.17, 15) is 9.59 Å². The fourth-order valence-electron chi connectivity index (χ4n) is 4.16. The Labute approximate surface area is 188 Å². The Kier molecular flexibility index (Phi) is 7.30. The number of nitrogens with zero attached hydrogens (tertiary/aromatic N) is 5. The lowest BCUT2D eigenvalue weighted by molar-refractivity contribution is -0.136. The number of amides is 1. The van der Waals surface area contributed by atoms with Crippen LogP contribution in [0.4, 0.5) is 5.82 Å². The fraction of sp³-hybridized carbons (Fsp3) is 0.591. The van der Waals surface area contributed by atoms with Crippen molar-refractivity contribution in [2.24, 2.45) is 18.9 Å². The molecule has 0 aromatic carbocycles. The number of aryl methyl sites for hydroxylation is 2. The van der Waals surface area contributed by atoms with Gasteiger partial charge in [0.05, 0.1) is 11.8 Å². The minimum absolute atomic E-state index is 0.0314. The monoisotopic (exact) mass is 446 g/mol. The summed E-state index contributed by atoms with van der Waals surface area (Å²) in [5.41, 5.74) is 8.23. The molecule has 1 saturated heterocycles. The van der Waals surface area contributed by atoms with E-state index in [4.69, 9.17) is 17.3 Å². The van der Waals surface area contributed by atoms with Gasteiger partial charge in [0, 0.05) is 43.7 Å². The first-order valence-electron chi connectivity index (χ1n) is 10.8. The molecule has 1 amide bonds. The Morgan fingerprint density at radius 1 is 1.26 bits per heavy atom. The van der Waals surface area contributed by atoms with Crippen LogP contribution in [0.15, 0.2) is 6.20 Å². The third kappa shape index (κ3) is 5.42. The minimum atomic E-state index is -0.341. The molecule has 0 spiro atoms. The maximum Gasteiger partial charge on any atom is 0.225 e. The molecule has 0 saturated carbocycles. The van der Waals surface area contributed by atoms with Crippen molar-refractivity contribution < 1.29 is 9.59 Å². The molecule has 0 radical (unpaired) electrons. The lowest BCUT2D eigenvalue weighted by Crippen LogP contribution is -2.41. The van der Waals surface area contributed by atoms with E-state index in [0.717, 1.165) is 36.9 Å². The van der Waals surface area contributed by atoms with E-state index in [1.807, 2.05) is 18.7 Å². The van der Waals surface area contributed by atoms with Crippen molar-refractivity contribution in [1.29, 1.82) is 0 Å². The van der Waals surface area contributed by atoms with Gasteiger partial charge in [0.25, 0.3) is 0 Å². The van der Waals surface area contributed by atoms with Crippen LogP contribution in [-0.2, 0) is 18.3 Å². The largest absolute Gasteiger partial charge is 0.383 e. The summed E-state index contributed by atoms with van der Waals surface area (Å²) < 4.78 is 1.67. The third-order valence-corrected chi connectivity index (χ3v) is 6.59. The summed E-state index contributed by atoms with van der Waals surface area (Å²) in [6.45, 7) is 6.88. The molecule has 0 aliphatic carbocycles. The van der Waals surface area contributed by atoms with Crippen molar-refractivity contribution in [2.45, 2.75) is 52.9 Å². The van der Waals surface area contributed by atoms with Gasteiger partial charge >= 0.3 is 0 Å². The number of hydrogen-bond acceptors (Lipinski definition) is 6. The van der Waals surface area contributed by atoms with Crippen LogP contribution in [0, 0.1) is 25.7 Å². The number of Topliss-reactive ketones (excluding diaryl/α,β-unsaturated/α-hetero) is 1. The standard InChI is InChI=1S/C22H31ClN6O2/c1-13(11-19(30)18-12-25-28(4)14(18)2)22(31)29-9-7-16(8-10-29)5-6-17-20(23)26-15(3)27-21(17)24/h12-13,16H,5-11H2,1-4H3,(H2,24,26,27)/t13-/m1/s1. The van der Waals surface area contributed by atoms with Gasteiger partial charge in [-0.15, -0.1) is 0 Å².